The molecule has 0 bridgehead atoms. The Labute approximate surface area is 240 Å². The third kappa shape index (κ3) is 5.65. The predicted octanol–water partition coefficient (Wildman–Crippen LogP) is 6.65. The van der Waals surface area contributed by atoms with E-state index in [-0.39, 0.29) is 12.5 Å². The van der Waals surface area contributed by atoms with Crippen molar-refractivity contribution in [2.45, 2.75) is 56.3 Å². The number of pyridine rings is 1. The number of rotatable bonds is 7. The van der Waals surface area contributed by atoms with Gasteiger partial charge in [-0.25, -0.2) is 10.5 Å². The van der Waals surface area contributed by atoms with Gasteiger partial charge in [-0.1, -0.05) is 83.2 Å². The van der Waals surface area contributed by atoms with E-state index >= 15 is 0 Å². The standard InChI is InChI=1S/C28H25Cl3N4O4/c29-17-10-11-20(21(30)13-17)26-25(27(36)34-39-15-16-9-12-24(31)32-14-16)18-5-1-2-6-19(18)28(37)35(26)23-8-4-3-7-22(23)33-38/h1-2,5-6,9-14,22-23,25-26H,3-4,7-8,15H2,(H,34,36)/t22-,23-,25+,26-/m0/s1. The molecular weight excluding hydrogens is 563 g/mol. The van der Waals surface area contributed by atoms with Crippen molar-refractivity contribution in [2.75, 3.05) is 0 Å². The number of carbonyl (C=O) groups excluding carboxylic acids is 2. The molecule has 0 spiro atoms. The van der Waals surface area contributed by atoms with E-state index in [1.54, 1.807) is 65.7 Å². The first-order valence-corrected chi connectivity index (χ1v) is 13.7. The van der Waals surface area contributed by atoms with Crippen molar-refractivity contribution in [3.8, 4) is 0 Å². The molecule has 8 nitrogen and oxygen atoms in total. The van der Waals surface area contributed by atoms with Gasteiger partial charge in [-0.3, -0.25) is 14.4 Å². The fourth-order valence-electron chi connectivity index (χ4n) is 5.56. The van der Waals surface area contributed by atoms with Gasteiger partial charge >= 0.3 is 0 Å². The Morgan fingerprint density at radius 1 is 1.05 bits per heavy atom. The van der Waals surface area contributed by atoms with Crippen molar-refractivity contribution in [2.24, 2.45) is 5.18 Å². The van der Waals surface area contributed by atoms with Gasteiger partial charge in [0.1, 0.15) is 17.8 Å². The van der Waals surface area contributed by atoms with E-state index in [4.69, 9.17) is 39.6 Å². The second-order valence-electron chi connectivity index (χ2n) is 9.66. The Balaban J connectivity index is 1.57. The molecule has 11 heteroatoms. The van der Waals surface area contributed by atoms with Crippen molar-refractivity contribution in [3.63, 3.8) is 0 Å². The van der Waals surface area contributed by atoms with Crippen LogP contribution in [0.1, 0.15) is 64.7 Å². The molecule has 5 rings (SSSR count). The van der Waals surface area contributed by atoms with Crippen LogP contribution < -0.4 is 5.48 Å². The number of aromatic nitrogens is 1. The third-order valence-electron chi connectivity index (χ3n) is 7.33. The Bertz CT molecular complexity index is 1390. The number of nitrogens with one attached hydrogen (secondary N) is 1. The highest BCUT2D eigenvalue weighted by atomic mass is 35.5. The molecule has 0 saturated heterocycles. The van der Waals surface area contributed by atoms with Crippen molar-refractivity contribution >= 4 is 46.6 Å². The van der Waals surface area contributed by atoms with Crippen LogP contribution in [0.2, 0.25) is 15.2 Å². The molecule has 1 fully saturated rings. The number of hydrogen-bond acceptors (Lipinski definition) is 6. The van der Waals surface area contributed by atoms with Crippen LogP contribution in [-0.4, -0.2) is 33.8 Å². The SMILES string of the molecule is O=N[C@H]1CCCC[C@@H]1N1C(=O)c2ccccc2[C@@H](C(=O)NOCc2ccc(Cl)nc2)[C@@H]1c1ccc(Cl)cc1Cl. The number of hydroxylamine groups is 1. The molecule has 3 aromatic rings. The number of benzene rings is 2. The molecule has 2 aromatic carbocycles. The number of nitrogens with zero attached hydrogens (tertiary/aromatic N) is 3. The molecule has 1 aliphatic heterocycles. The Kier molecular flexibility index (Phi) is 8.47. The summed E-state index contributed by atoms with van der Waals surface area (Å²) >= 11 is 18.7. The van der Waals surface area contributed by atoms with Crippen LogP contribution in [-0.2, 0) is 16.2 Å². The summed E-state index contributed by atoms with van der Waals surface area (Å²) < 4.78 is 0. The summed E-state index contributed by atoms with van der Waals surface area (Å²) in [5.41, 5.74) is 4.73. The Morgan fingerprint density at radius 2 is 1.85 bits per heavy atom. The number of hydrogen-bond donors (Lipinski definition) is 1. The molecule has 2 amide bonds. The zero-order valence-corrected chi connectivity index (χ0v) is 23.0. The van der Waals surface area contributed by atoms with Gasteiger partial charge in [0.05, 0.1) is 18.0 Å². The smallest absolute Gasteiger partial charge is 0.255 e. The molecule has 1 N–H and O–H groups in total. The fourth-order valence-corrected chi connectivity index (χ4v) is 6.19. The zero-order chi connectivity index (χ0) is 27.5. The highest BCUT2D eigenvalue weighted by Crippen LogP contribution is 2.48. The number of amides is 2. The predicted molar refractivity (Wildman–Crippen MR) is 149 cm³/mol. The summed E-state index contributed by atoms with van der Waals surface area (Å²) in [5.74, 6) is -1.64. The van der Waals surface area contributed by atoms with Crippen LogP contribution in [0, 0.1) is 4.91 Å². The summed E-state index contributed by atoms with van der Waals surface area (Å²) in [4.78, 5) is 51.1. The van der Waals surface area contributed by atoms with Crippen LogP contribution in [0.3, 0.4) is 0 Å². The van der Waals surface area contributed by atoms with Crippen molar-refractivity contribution in [3.05, 3.63) is 103 Å². The molecule has 1 aromatic heterocycles. The number of nitroso groups, excluding NO2 is 1. The van der Waals surface area contributed by atoms with Crippen LogP contribution in [0.4, 0.5) is 0 Å². The molecule has 0 unspecified atom stereocenters. The highest BCUT2D eigenvalue weighted by molar-refractivity contribution is 6.35. The normalized spacial score (nSPS) is 22.7. The van der Waals surface area contributed by atoms with Gasteiger partial charge in [0.2, 0.25) is 0 Å². The first kappa shape index (κ1) is 27.5. The summed E-state index contributed by atoms with van der Waals surface area (Å²) in [6, 6.07) is 13.4. The molecule has 4 atom stereocenters. The molecule has 2 aliphatic rings. The summed E-state index contributed by atoms with van der Waals surface area (Å²) in [5, 5.41) is 4.45. The summed E-state index contributed by atoms with van der Waals surface area (Å²) in [7, 11) is 0. The van der Waals surface area contributed by atoms with Gasteiger partial charge in [-0.15, -0.1) is 0 Å². The fraction of sp³-hybridized carbons (Fsp3) is 0.321. The van der Waals surface area contributed by atoms with Crippen molar-refractivity contribution in [1.29, 1.82) is 0 Å². The maximum absolute atomic E-state index is 14.1. The molecule has 1 aliphatic carbocycles. The van der Waals surface area contributed by atoms with Crippen molar-refractivity contribution < 1.29 is 14.4 Å². The van der Waals surface area contributed by atoms with E-state index in [9.17, 15) is 14.5 Å². The summed E-state index contributed by atoms with van der Waals surface area (Å²) in [6.07, 6.45) is 4.38. The third-order valence-corrected chi connectivity index (χ3v) is 8.11. The van der Waals surface area contributed by atoms with E-state index in [2.05, 4.69) is 15.6 Å². The van der Waals surface area contributed by atoms with Crippen LogP contribution >= 0.6 is 34.8 Å². The van der Waals surface area contributed by atoms with Gasteiger partial charge in [-0.2, -0.15) is 4.91 Å². The minimum atomic E-state index is -0.893. The van der Waals surface area contributed by atoms with Crippen molar-refractivity contribution in [1.82, 2.24) is 15.4 Å². The van der Waals surface area contributed by atoms with E-state index in [1.165, 1.54) is 0 Å². The topological polar surface area (TPSA) is 101 Å². The van der Waals surface area contributed by atoms with E-state index in [1.807, 2.05) is 0 Å². The minimum absolute atomic E-state index is 0.0546. The maximum atomic E-state index is 14.1. The lowest BCUT2D eigenvalue weighted by molar-refractivity contribution is -0.138. The number of halogens is 3. The van der Waals surface area contributed by atoms with Crippen LogP contribution in [0.15, 0.2) is 66.0 Å². The monoisotopic (exact) mass is 586 g/mol. The van der Waals surface area contributed by atoms with Crippen LogP contribution in [0.5, 0.6) is 0 Å². The van der Waals surface area contributed by atoms with Crippen LogP contribution in [0.25, 0.3) is 0 Å². The Hall–Kier alpha value is -3.04. The summed E-state index contributed by atoms with van der Waals surface area (Å²) in [6.45, 7) is 0.0546. The lowest BCUT2D eigenvalue weighted by Gasteiger charge is -2.47. The molecule has 1 saturated carbocycles. The average molecular weight is 588 g/mol. The molecular formula is C28H25Cl3N4O4. The largest absolute Gasteiger partial charge is 0.325 e. The van der Waals surface area contributed by atoms with Gasteiger partial charge in [0.25, 0.3) is 11.8 Å². The zero-order valence-electron chi connectivity index (χ0n) is 20.7. The van der Waals surface area contributed by atoms with Gasteiger partial charge in [0.15, 0.2) is 0 Å². The first-order chi connectivity index (χ1) is 18.9. The molecule has 2 heterocycles. The lowest BCUT2D eigenvalue weighted by Crippen LogP contribution is -2.55. The van der Waals surface area contributed by atoms with E-state index < -0.39 is 30.0 Å². The van der Waals surface area contributed by atoms with E-state index in [0.29, 0.717) is 50.3 Å². The minimum Gasteiger partial charge on any atom is -0.325 e. The Morgan fingerprint density at radius 3 is 2.59 bits per heavy atom. The van der Waals surface area contributed by atoms with Gasteiger partial charge in [0, 0.05) is 21.8 Å². The highest BCUT2D eigenvalue weighted by Gasteiger charge is 2.49. The average Bonchev–Trinajstić information content (AvgIpc) is 2.94. The lowest BCUT2D eigenvalue weighted by atomic mass is 9.76. The molecule has 39 heavy (non-hydrogen) atoms. The second-order valence-corrected chi connectivity index (χ2v) is 10.9. The van der Waals surface area contributed by atoms with Gasteiger partial charge < -0.3 is 4.90 Å². The number of carbonyl (C=O) groups is 2. The second kappa shape index (κ2) is 12.0. The van der Waals surface area contributed by atoms with E-state index in [0.717, 1.165) is 12.8 Å². The molecule has 0 radical (unpaired) electrons. The first-order valence-electron chi connectivity index (χ1n) is 12.6. The maximum Gasteiger partial charge on any atom is 0.255 e. The quantitative estimate of drug-likeness (QED) is 0.190. The van der Waals surface area contributed by atoms with Gasteiger partial charge in [-0.05, 0) is 53.8 Å². The number of fused-ring (bicyclic) bond motifs is 1. The molecule has 202 valence electrons.